The lowest BCUT2D eigenvalue weighted by Crippen LogP contribution is -2.77. The maximum atomic E-state index is 13.1. The van der Waals surface area contributed by atoms with Gasteiger partial charge in [0.05, 0.1) is 5.41 Å². The Bertz CT molecular complexity index is 1270. The van der Waals surface area contributed by atoms with Gasteiger partial charge >= 0.3 is 20.8 Å². The van der Waals surface area contributed by atoms with Gasteiger partial charge in [0.1, 0.15) is 5.60 Å². The van der Waals surface area contributed by atoms with Crippen LogP contribution in [0.25, 0.3) is 0 Å². The zero-order chi connectivity index (χ0) is 23.4. The van der Waals surface area contributed by atoms with Crippen LogP contribution in [0, 0.1) is 5.92 Å². The number of ketones is 1. The number of Topliss-reactive ketones (excluding diaryl/α,β-unsaturated/α-hetero) is 1. The van der Waals surface area contributed by atoms with Gasteiger partial charge in [-0.25, -0.2) is 4.18 Å². The molecule has 13 heteroatoms. The van der Waals surface area contributed by atoms with Gasteiger partial charge in [0.2, 0.25) is 0 Å². The number of piperidine rings is 1. The number of nitrogens with zero attached hydrogens (tertiary/aromatic N) is 1. The second-order valence-electron chi connectivity index (χ2n) is 9.68. The van der Waals surface area contributed by atoms with Gasteiger partial charge in [-0.2, -0.15) is 16.8 Å². The largest absolute Gasteiger partial charge is 0.477 e. The minimum atomic E-state index is -4.91. The molecule has 0 aromatic heterocycles. The Hall–Kier alpha value is -1.77. The lowest BCUT2D eigenvalue weighted by Gasteiger charge is -2.63. The van der Waals surface area contributed by atoms with Crippen molar-refractivity contribution in [2.75, 3.05) is 13.1 Å². The summed E-state index contributed by atoms with van der Waals surface area (Å²) in [6, 6.07) is 2.58. The molecule has 3 fully saturated rings. The highest BCUT2D eigenvalue weighted by Crippen LogP contribution is 2.66. The van der Waals surface area contributed by atoms with Gasteiger partial charge in [0, 0.05) is 24.6 Å². The number of carbonyl (C=O) groups excluding carboxylic acids is 1. The van der Waals surface area contributed by atoms with E-state index in [0.29, 0.717) is 30.9 Å². The molecule has 33 heavy (non-hydrogen) atoms. The summed E-state index contributed by atoms with van der Waals surface area (Å²) in [6.07, 6.45) is 1.80. The van der Waals surface area contributed by atoms with E-state index in [1.54, 1.807) is 6.07 Å². The van der Waals surface area contributed by atoms with E-state index in [-0.39, 0.29) is 30.1 Å². The summed E-state index contributed by atoms with van der Waals surface area (Å²) in [6.45, 7) is 1.33. The molecule has 2 saturated carbocycles. The number of hydrogen-bond acceptors (Lipinski definition) is 9. The van der Waals surface area contributed by atoms with Crippen molar-refractivity contribution in [3.8, 4) is 11.5 Å². The monoisotopic (exact) mass is 501 g/mol. The van der Waals surface area contributed by atoms with Crippen molar-refractivity contribution in [2.45, 2.75) is 61.7 Å². The second kappa shape index (κ2) is 6.67. The molecule has 5 aliphatic rings. The minimum Gasteiger partial charge on any atom is -0.477 e. The third-order valence-corrected chi connectivity index (χ3v) is 8.85. The van der Waals surface area contributed by atoms with E-state index in [1.807, 2.05) is 0 Å². The highest BCUT2D eigenvalue weighted by Gasteiger charge is 2.75. The van der Waals surface area contributed by atoms with E-state index in [0.717, 1.165) is 24.9 Å². The third kappa shape index (κ3) is 3.09. The molecule has 11 nitrogen and oxygen atoms in total. The van der Waals surface area contributed by atoms with Crippen LogP contribution < -0.4 is 8.92 Å². The van der Waals surface area contributed by atoms with Crippen LogP contribution in [0.15, 0.2) is 12.1 Å². The molecule has 2 N–H and O–H groups in total. The Labute approximate surface area is 190 Å². The number of hydrogen-bond donors (Lipinski definition) is 2. The molecule has 2 bridgehead atoms. The fraction of sp³-hybridized carbons (Fsp3) is 0.650. The van der Waals surface area contributed by atoms with Crippen LogP contribution in [0.5, 0.6) is 11.5 Å². The van der Waals surface area contributed by atoms with E-state index >= 15 is 0 Å². The zero-order valence-corrected chi connectivity index (χ0v) is 19.1. The summed E-state index contributed by atoms with van der Waals surface area (Å²) < 4.78 is 82.5. The predicted molar refractivity (Wildman–Crippen MR) is 111 cm³/mol. The third-order valence-electron chi connectivity index (χ3n) is 7.95. The Balaban J connectivity index is 1.60. The first kappa shape index (κ1) is 21.7. The van der Waals surface area contributed by atoms with Gasteiger partial charge in [0.25, 0.3) is 0 Å². The molecule has 3 aliphatic carbocycles. The first-order valence-electron chi connectivity index (χ1n) is 10.9. The maximum Gasteiger partial charge on any atom is 0.446 e. The van der Waals surface area contributed by atoms with Gasteiger partial charge in [-0.1, -0.05) is 6.07 Å². The molecule has 180 valence electrons. The minimum absolute atomic E-state index is 0.0113. The summed E-state index contributed by atoms with van der Waals surface area (Å²) in [7, 11) is -9.78. The molecule has 0 radical (unpaired) electrons. The maximum absolute atomic E-state index is 13.1. The van der Waals surface area contributed by atoms with Crippen LogP contribution in [0.2, 0.25) is 0 Å². The van der Waals surface area contributed by atoms with Crippen LogP contribution in [0.4, 0.5) is 0 Å². The van der Waals surface area contributed by atoms with Crippen molar-refractivity contribution in [3.63, 3.8) is 0 Å². The summed E-state index contributed by atoms with van der Waals surface area (Å²) in [5.41, 5.74) is -1.48. The standard InChI is InChI=1S/C20H23NO10S2/c22-13-5-6-20(31-33(26,27)28)15-9-12-3-4-14(30-32(23,24)25)17-16(12)19(20,18(13)29-17)7-8-21(15)10-11-1-2-11/h3-4,11,15,18H,1-2,5-10H2,(H,23,24,25)(H,26,27,28)/t15?,18-,19-,20+/m0/s1. The van der Waals surface area contributed by atoms with Gasteiger partial charge in [-0.3, -0.25) is 18.8 Å². The average molecular weight is 502 g/mol. The van der Waals surface area contributed by atoms with E-state index in [2.05, 4.69) is 4.90 Å². The van der Waals surface area contributed by atoms with Crippen molar-refractivity contribution < 1.29 is 43.8 Å². The van der Waals surface area contributed by atoms with Crippen LogP contribution in [0.1, 0.15) is 43.2 Å². The molecule has 1 aromatic carbocycles. The molecular formula is C20H23NO10S2. The Morgan fingerprint density at radius 1 is 1.12 bits per heavy atom. The van der Waals surface area contributed by atoms with Crippen molar-refractivity contribution in [2.24, 2.45) is 5.92 Å². The Morgan fingerprint density at radius 2 is 1.88 bits per heavy atom. The van der Waals surface area contributed by atoms with Crippen LogP contribution >= 0.6 is 0 Å². The normalized spacial score (nSPS) is 35.2. The molecule has 0 amide bonds. The average Bonchev–Trinajstić information content (AvgIpc) is 3.42. The molecule has 2 aliphatic heterocycles. The molecule has 1 unspecified atom stereocenters. The summed E-state index contributed by atoms with van der Waals surface area (Å²) in [5.74, 6) is -0.0405. The highest BCUT2D eigenvalue weighted by molar-refractivity contribution is 7.81. The molecule has 6 rings (SSSR count). The molecule has 1 saturated heterocycles. The summed E-state index contributed by atoms with van der Waals surface area (Å²) in [5, 5.41) is 0. The van der Waals surface area contributed by atoms with Crippen molar-refractivity contribution >= 4 is 26.6 Å². The molecule has 1 spiro atoms. The fourth-order valence-electron chi connectivity index (χ4n) is 6.76. The van der Waals surface area contributed by atoms with E-state index < -0.39 is 44.0 Å². The molecule has 4 atom stereocenters. The molecular weight excluding hydrogens is 478 g/mol. The number of rotatable bonds is 6. The van der Waals surface area contributed by atoms with Gasteiger partial charge < -0.3 is 8.92 Å². The predicted octanol–water partition coefficient (Wildman–Crippen LogP) is 0.829. The van der Waals surface area contributed by atoms with Crippen LogP contribution in [0.3, 0.4) is 0 Å². The topological polar surface area (TPSA) is 157 Å². The van der Waals surface area contributed by atoms with Crippen molar-refractivity contribution in [1.29, 1.82) is 0 Å². The summed E-state index contributed by atoms with van der Waals surface area (Å²) >= 11 is 0. The number of ether oxygens (including phenoxy) is 1. The lowest BCUT2D eigenvalue weighted by atomic mass is 9.49. The van der Waals surface area contributed by atoms with Crippen LogP contribution in [-0.2, 0) is 41.6 Å². The smallest absolute Gasteiger partial charge is 0.446 e. The quantitative estimate of drug-likeness (QED) is 0.532. The highest BCUT2D eigenvalue weighted by atomic mass is 32.3. The summed E-state index contributed by atoms with van der Waals surface area (Å²) in [4.78, 5) is 15.3. The first-order chi connectivity index (χ1) is 15.4. The van der Waals surface area contributed by atoms with E-state index in [4.69, 9.17) is 13.1 Å². The number of carbonyl (C=O) groups is 1. The number of likely N-dealkylation sites (tertiary alicyclic amines) is 1. The Kier molecular flexibility index (Phi) is 4.39. The van der Waals surface area contributed by atoms with Gasteiger partial charge in [0.15, 0.2) is 23.4 Å². The van der Waals surface area contributed by atoms with Gasteiger partial charge in [-0.15, -0.1) is 0 Å². The fourth-order valence-corrected chi connectivity index (χ4v) is 7.84. The molecule has 1 aromatic rings. The van der Waals surface area contributed by atoms with E-state index in [1.165, 1.54) is 6.07 Å². The van der Waals surface area contributed by atoms with Crippen LogP contribution in [-0.4, -0.2) is 67.5 Å². The number of benzene rings is 1. The zero-order valence-electron chi connectivity index (χ0n) is 17.5. The van der Waals surface area contributed by atoms with Crippen molar-refractivity contribution in [1.82, 2.24) is 4.90 Å². The van der Waals surface area contributed by atoms with E-state index in [9.17, 15) is 30.7 Å². The Morgan fingerprint density at radius 3 is 2.55 bits per heavy atom. The first-order valence-corrected chi connectivity index (χ1v) is 13.6. The van der Waals surface area contributed by atoms with Gasteiger partial charge in [-0.05, 0) is 56.2 Å². The SMILES string of the molecule is O=C1CC[C@@]2(OS(=O)(=O)O)C3Cc4ccc(OS(=O)(=O)O)c5c4[C@@]2(CCN3CC2CC2)[C@H]1O5. The molecule has 2 heterocycles. The lowest BCUT2D eigenvalue weighted by molar-refractivity contribution is -0.178. The van der Waals surface area contributed by atoms with Crippen molar-refractivity contribution in [3.05, 3.63) is 23.3 Å². The second-order valence-corrected chi connectivity index (χ2v) is 11.7.